The molecule has 0 saturated heterocycles. The molecule has 0 unspecified atom stereocenters. The molecule has 19 heavy (non-hydrogen) atoms. The molecule has 0 bridgehead atoms. The van der Waals surface area contributed by atoms with Gasteiger partial charge in [0.05, 0.1) is 0 Å². The van der Waals surface area contributed by atoms with Crippen molar-refractivity contribution >= 4 is 33.4 Å². The van der Waals surface area contributed by atoms with Gasteiger partial charge in [-0.2, -0.15) is 0 Å². The van der Waals surface area contributed by atoms with Crippen LogP contribution in [0.4, 0.5) is 0 Å². The van der Waals surface area contributed by atoms with E-state index in [0.29, 0.717) is 17.3 Å². The van der Waals surface area contributed by atoms with Crippen molar-refractivity contribution in [3.8, 4) is 0 Å². The first-order valence-corrected chi connectivity index (χ1v) is 7.16. The van der Waals surface area contributed by atoms with Crippen LogP contribution in [0.25, 0.3) is 0 Å². The van der Waals surface area contributed by atoms with E-state index in [1.165, 1.54) is 0 Å². The summed E-state index contributed by atoms with van der Waals surface area (Å²) in [5.74, 6) is -0.104. The topological polar surface area (TPSA) is 34.0 Å². The molecule has 2 aromatic rings. The van der Waals surface area contributed by atoms with Gasteiger partial charge in [0, 0.05) is 28.8 Å². The fourth-order valence-corrected chi connectivity index (χ4v) is 2.50. The van der Waals surface area contributed by atoms with Gasteiger partial charge in [-0.25, -0.2) is 0 Å². The van der Waals surface area contributed by atoms with Crippen LogP contribution >= 0.6 is 27.5 Å². The monoisotopic (exact) mass is 340 g/mol. The number of aromatic nitrogens is 1. The summed E-state index contributed by atoms with van der Waals surface area (Å²) in [5.41, 5.74) is 1.55. The Bertz CT molecular complexity index is 595. The highest BCUT2D eigenvalue weighted by Crippen LogP contribution is 2.17. The molecule has 100 valence electrons. The molecule has 0 atom stereocenters. The van der Waals surface area contributed by atoms with E-state index >= 15 is 0 Å². The summed E-state index contributed by atoms with van der Waals surface area (Å²) in [6, 6.07) is 9.29. The predicted octanol–water partition coefficient (Wildman–Crippen LogP) is 3.85. The molecule has 3 nitrogen and oxygen atoms in total. The highest BCUT2D eigenvalue weighted by Gasteiger charge is 2.12. The van der Waals surface area contributed by atoms with Crippen molar-refractivity contribution < 1.29 is 4.79 Å². The molecule has 0 aliphatic heterocycles. The third-order valence-electron chi connectivity index (χ3n) is 2.83. The predicted molar refractivity (Wildman–Crippen MR) is 80.4 cm³/mol. The van der Waals surface area contributed by atoms with E-state index in [-0.39, 0.29) is 5.91 Å². The minimum absolute atomic E-state index is 0.104. The summed E-state index contributed by atoms with van der Waals surface area (Å²) < 4.78 is 2.80. The Labute approximate surface area is 125 Å². The Hall–Kier alpha value is -1.26. The molecule has 1 heterocycles. The summed E-state index contributed by atoms with van der Waals surface area (Å²) >= 11 is 9.43. The van der Waals surface area contributed by atoms with Crippen molar-refractivity contribution in [3.63, 3.8) is 0 Å². The third kappa shape index (κ3) is 3.39. The zero-order valence-corrected chi connectivity index (χ0v) is 12.8. The highest BCUT2D eigenvalue weighted by atomic mass is 79.9. The van der Waals surface area contributed by atoms with Crippen molar-refractivity contribution in [2.24, 2.45) is 0 Å². The van der Waals surface area contributed by atoms with Crippen LogP contribution in [0.3, 0.4) is 0 Å². The molecule has 2 rings (SSSR count). The summed E-state index contributed by atoms with van der Waals surface area (Å²) in [6.07, 6.45) is 1.89. The van der Waals surface area contributed by atoms with Gasteiger partial charge in [0.2, 0.25) is 0 Å². The largest absolute Gasteiger partial charge is 0.347 e. The van der Waals surface area contributed by atoms with Gasteiger partial charge in [0.15, 0.2) is 0 Å². The molecule has 0 aliphatic carbocycles. The standard InChI is InChI=1S/C14H14BrClN2O/c1-2-18-9-11(15)7-13(18)14(19)17-8-10-5-3-4-6-12(10)16/h3-7,9H,2,8H2,1H3,(H,17,19). The van der Waals surface area contributed by atoms with E-state index in [0.717, 1.165) is 16.6 Å². The number of nitrogens with zero attached hydrogens (tertiary/aromatic N) is 1. The molecule has 0 fully saturated rings. The lowest BCUT2D eigenvalue weighted by Gasteiger charge is -2.08. The van der Waals surface area contributed by atoms with Crippen LogP contribution in [0.2, 0.25) is 5.02 Å². The Kier molecular flexibility index (Phi) is 4.66. The number of halogens is 2. The second kappa shape index (κ2) is 6.26. The fraction of sp³-hybridized carbons (Fsp3) is 0.214. The quantitative estimate of drug-likeness (QED) is 0.900. The average Bonchev–Trinajstić information content (AvgIpc) is 2.79. The van der Waals surface area contributed by atoms with Crippen LogP contribution in [0.5, 0.6) is 0 Å². The zero-order valence-electron chi connectivity index (χ0n) is 10.5. The molecular weight excluding hydrogens is 328 g/mol. The van der Waals surface area contributed by atoms with Crippen molar-refractivity contribution in [3.05, 3.63) is 57.3 Å². The van der Waals surface area contributed by atoms with Gasteiger partial charge < -0.3 is 9.88 Å². The van der Waals surface area contributed by atoms with Gasteiger partial charge in [-0.15, -0.1) is 0 Å². The molecule has 0 saturated carbocycles. The number of aryl methyl sites for hydroxylation is 1. The van der Waals surface area contributed by atoms with Gasteiger partial charge in [-0.3, -0.25) is 4.79 Å². The Balaban J connectivity index is 2.07. The maximum Gasteiger partial charge on any atom is 0.268 e. The highest BCUT2D eigenvalue weighted by molar-refractivity contribution is 9.10. The maximum absolute atomic E-state index is 12.1. The minimum Gasteiger partial charge on any atom is -0.347 e. The number of nitrogens with one attached hydrogen (secondary N) is 1. The van der Waals surface area contributed by atoms with Crippen molar-refractivity contribution in [1.29, 1.82) is 0 Å². The van der Waals surface area contributed by atoms with Crippen LogP contribution in [-0.4, -0.2) is 10.5 Å². The van der Waals surface area contributed by atoms with Crippen molar-refractivity contribution in [2.75, 3.05) is 0 Å². The van der Waals surface area contributed by atoms with E-state index in [4.69, 9.17) is 11.6 Å². The molecule has 1 aromatic heterocycles. The Morgan fingerprint density at radius 1 is 1.42 bits per heavy atom. The minimum atomic E-state index is -0.104. The second-order valence-electron chi connectivity index (χ2n) is 4.10. The molecule has 1 N–H and O–H groups in total. The van der Waals surface area contributed by atoms with E-state index in [2.05, 4.69) is 21.2 Å². The number of hydrogen-bond acceptors (Lipinski definition) is 1. The SMILES string of the molecule is CCn1cc(Br)cc1C(=O)NCc1ccccc1Cl. The molecule has 1 amide bonds. The molecular formula is C14H14BrClN2O. The number of carbonyl (C=O) groups excluding carboxylic acids is 1. The van der Waals surface area contributed by atoms with E-state index < -0.39 is 0 Å². The first kappa shape index (κ1) is 14.2. The molecule has 0 spiro atoms. The molecule has 1 aromatic carbocycles. The number of rotatable bonds is 4. The zero-order chi connectivity index (χ0) is 13.8. The van der Waals surface area contributed by atoms with Gasteiger partial charge in [-0.1, -0.05) is 29.8 Å². The molecule has 5 heteroatoms. The maximum atomic E-state index is 12.1. The number of amides is 1. The number of benzene rings is 1. The van der Waals surface area contributed by atoms with Crippen molar-refractivity contribution in [1.82, 2.24) is 9.88 Å². The second-order valence-corrected chi connectivity index (χ2v) is 5.43. The first-order valence-electron chi connectivity index (χ1n) is 5.99. The van der Waals surface area contributed by atoms with Crippen LogP contribution in [0.15, 0.2) is 41.0 Å². The lowest BCUT2D eigenvalue weighted by Crippen LogP contribution is -2.25. The normalized spacial score (nSPS) is 10.5. The molecule has 0 aliphatic rings. The average molecular weight is 342 g/mol. The summed E-state index contributed by atoms with van der Waals surface area (Å²) in [5, 5.41) is 3.54. The third-order valence-corrected chi connectivity index (χ3v) is 3.64. The van der Waals surface area contributed by atoms with E-state index in [9.17, 15) is 4.79 Å². The number of carbonyl (C=O) groups is 1. The van der Waals surface area contributed by atoms with Crippen LogP contribution in [0.1, 0.15) is 23.0 Å². The van der Waals surface area contributed by atoms with Crippen LogP contribution < -0.4 is 5.32 Å². The van der Waals surface area contributed by atoms with Crippen LogP contribution in [0, 0.1) is 0 Å². The fourth-order valence-electron chi connectivity index (χ4n) is 1.83. The smallest absolute Gasteiger partial charge is 0.268 e. The first-order chi connectivity index (χ1) is 9.11. The number of hydrogen-bond donors (Lipinski definition) is 1. The lowest BCUT2D eigenvalue weighted by molar-refractivity contribution is 0.0942. The Morgan fingerprint density at radius 2 is 2.16 bits per heavy atom. The van der Waals surface area contributed by atoms with E-state index in [1.807, 2.05) is 48.0 Å². The van der Waals surface area contributed by atoms with Crippen LogP contribution in [-0.2, 0) is 13.1 Å². The summed E-state index contributed by atoms with van der Waals surface area (Å²) in [7, 11) is 0. The molecule has 0 radical (unpaired) electrons. The van der Waals surface area contributed by atoms with Gasteiger partial charge >= 0.3 is 0 Å². The van der Waals surface area contributed by atoms with Gasteiger partial charge in [-0.05, 0) is 40.5 Å². The lowest BCUT2D eigenvalue weighted by atomic mass is 10.2. The Morgan fingerprint density at radius 3 is 2.84 bits per heavy atom. The van der Waals surface area contributed by atoms with E-state index in [1.54, 1.807) is 0 Å². The summed E-state index contributed by atoms with van der Waals surface area (Å²) in [6.45, 7) is 3.17. The summed E-state index contributed by atoms with van der Waals surface area (Å²) in [4.78, 5) is 12.1. The van der Waals surface area contributed by atoms with Crippen molar-refractivity contribution in [2.45, 2.75) is 20.0 Å². The van der Waals surface area contributed by atoms with Gasteiger partial charge in [0.25, 0.3) is 5.91 Å². The van der Waals surface area contributed by atoms with Gasteiger partial charge in [0.1, 0.15) is 5.69 Å².